The van der Waals surface area contributed by atoms with E-state index in [0.29, 0.717) is 18.1 Å². The molecule has 6 heteroatoms. The topological polar surface area (TPSA) is 50.2 Å². The van der Waals surface area contributed by atoms with Crippen molar-refractivity contribution in [1.29, 1.82) is 0 Å². The number of rotatable bonds is 4. The molecular formula is C17H21FN4O. The summed E-state index contributed by atoms with van der Waals surface area (Å²) >= 11 is 0. The van der Waals surface area contributed by atoms with Gasteiger partial charge in [0, 0.05) is 6.07 Å². The molecule has 122 valence electrons. The van der Waals surface area contributed by atoms with E-state index in [2.05, 4.69) is 15.3 Å². The maximum absolute atomic E-state index is 14.0. The van der Waals surface area contributed by atoms with E-state index < -0.39 is 0 Å². The van der Waals surface area contributed by atoms with Crippen molar-refractivity contribution in [3.63, 3.8) is 0 Å². The Morgan fingerprint density at radius 3 is 2.74 bits per heavy atom. The molecule has 0 radical (unpaired) electrons. The Morgan fingerprint density at radius 2 is 2.00 bits per heavy atom. The second-order valence-corrected chi connectivity index (χ2v) is 5.92. The number of carbonyl (C=O) groups excluding carboxylic acids is 1. The van der Waals surface area contributed by atoms with Crippen LogP contribution >= 0.6 is 0 Å². The fourth-order valence-corrected chi connectivity index (χ4v) is 2.90. The number of likely N-dealkylation sites (tertiary alicyclic amines) is 1. The molecule has 1 aromatic heterocycles. The molecule has 1 fully saturated rings. The van der Waals surface area contributed by atoms with Crippen molar-refractivity contribution in [1.82, 2.24) is 14.7 Å². The first-order chi connectivity index (χ1) is 11.1. The molecule has 1 aliphatic rings. The number of aryl methyl sites for hydroxylation is 1. The summed E-state index contributed by atoms with van der Waals surface area (Å²) < 4.78 is 15.4. The van der Waals surface area contributed by atoms with Crippen molar-refractivity contribution >= 4 is 11.7 Å². The van der Waals surface area contributed by atoms with Crippen LogP contribution in [0.5, 0.6) is 0 Å². The molecule has 0 saturated carbocycles. The van der Waals surface area contributed by atoms with Crippen LogP contribution in [0, 0.1) is 12.7 Å². The van der Waals surface area contributed by atoms with Crippen LogP contribution in [0.15, 0.2) is 30.3 Å². The average Bonchev–Trinajstić information content (AvgIpc) is 2.89. The monoisotopic (exact) mass is 316 g/mol. The van der Waals surface area contributed by atoms with Crippen molar-refractivity contribution in [2.24, 2.45) is 0 Å². The number of hydrogen-bond acceptors (Lipinski definition) is 3. The minimum atomic E-state index is -0.373. The first-order valence-corrected chi connectivity index (χ1v) is 7.97. The van der Waals surface area contributed by atoms with Crippen LogP contribution < -0.4 is 5.32 Å². The quantitative estimate of drug-likeness (QED) is 0.943. The summed E-state index contributed by atoms with van der Waals surface area (Å²) in [7, 11) is 0. The second-order valence-electron chi connectivity index (χ2n) is 5.92. The number of halogens is 1. The highest BCUT2D eigenvalue weighted by Crippen LogP contribution is 2.19. The minimum Gasteiger partial charge on any atom is -0.309 e. The van der Waals surface area contributed by atoms with E-state index in [4.69, 9.17) is 0 Å². The van der Waals surface area contributed by atoms with E-state index in [1.807, 2.05) is 6.92 Å². The molecule has 0 aliphatic carbocycles. The number of hydrogen-bond donors (Lipinski definition) is 1. The van der Waals surface area contributed by atoms with Crippen molar-refractivity contribution in [3.8, 4) is 5.69 Å². The van der Waals surface area contributed by atoms with Gasteiger partial charge in [-0.2, -0.15) is 5.10 Å². The maximum atomic E-state index is 14.0. The molecule has 23 heavy (non-hydrogen) atoms. The van der Waals surface area contributed by atoms with E-state index in [1.165, 1.54) is 17.2 Å². The number of piperidine rings is 1. The Morgan fingerprint density at radius 1 is 1.26 bits per heavy atom. The average molecular weight is 316 g/mol. The molecule has 1 amide bonds. The molecule has 0 atom stereocenters. The highest BCUT2D eigenvalue weighted by molar-refractivity contribution is 5.91. The van der Waals surface area contributed by atoms with E-state index in [9.17, 15) is 9.18 Å². The van der Waals surface area contributed by atoms with Crippen molar-refractivity contribution in [2.45, 2.75) is 26.2 Å². The Hall–Kier alpha value is -2.21. The summed E-state index contributed by atoms with van der Waals surface area (Å²) in [5.74, 6) is 0.0288. The first-order valence-electron chi connectivity index (χ1n) is 7.97. The van der Waals surface area contributed by atoms with Gasteiger partial charge in [0.1, 0.15) is 17.3 Å². The summed E-state index contributed by atoms with van der Waals surface area (Å²) in [5.41, 5.74) is 1.05. The van der Waals surface area contributed by atoms with Gasteiger partial charge in [-0.1, -0.05) is 18.6 Å². The Kier molecular flexibility index (Phi) is 4.71. The van der Waals surface area contributed by atoms with Gasteiger partial charge in [-0.3, -0.25) is 9.69 Å². The summed E-state index contributed by atoms with van der Waals surface area (Å²) in [6.07, 6.45) is 3.51. The number of para-hydroxylation sites is 1. The molecule has 5 nitrogen and oxygen atoms in total. The highest BCUT2D eigenvalue weighted by atomic mass is 19.1. The summed E-state index contributed by atoms with van der Waals surface area (Å²) in [6, 6.07) is 8.15. The van der Waals surface area contributed by atoms with Crippen LogP contribution in [0.3, 0.4) is 0 Å². The fraction of sp³-hybridized carbons (Fsp3) is 0.412. The molecule has 1 aromatic carbocycles. The summed E-state index contributed by atoms with van der Waals surface area (Å²) in [6.45, 7) is 4.09. The number of aromatic nitrogens is 2. The highest BCUT2D eigenvalue weighted by Gasteiger charge is 2.17. The lowest BCUT2D eigenvalue weighted by Gasteiger charge is -2.25. The van der Waals surface area contributed by atoms with Gasteiger partial charge < -0.3 is 5.32 Å². The van der Waals surface area contributed by atoms with E-state index in [-0.39, 0.29) is 11.7 Å². The molecule has 0 unspecified atom stereocenters. The smallest absolute Gasteiger partial charge is 0.239 e. The second kappa shape index (κ2) is 6.91. The zero-order valence-electron chi connectivity index (χ0n) is 13.3. The van der Waals surface area contributed by atoms with Crippen LogP contribution in [0.1, 0.15) is 25.0 Å². The molecular weight excluding hydrogens is 295 g/mol. The number of benzene rings is 1. The first kappa shape index (κ1) is 15.7. The van der Waals surface area contributed by atoms with Crippen molar-refractivity contribution in [3.05, 3.63) is 41.8 Å². The maximum Gasteiger partial charge on any atom is 0.239 e. The Balaban J connectivity index is 1.75. The third-order valence-electron chi connectivity index (χ3n) is 4.00. The van der Waals surface area contributed by atoms with Crippen LogP contribution in [0.2, 0.25) is 0 Å². The number of carbonyl (C=O) groups is 1. The number of nitrogens with one attached hydrogen (secondary N) is 1. The predicted molar refractivity (Wildman–Crippen MR) is 87.2 cm³/mol. The molecule has 0 bridgehead atoms. The van der Waals surface area contributed by atoms with Gasteiger partial charge in [-0.05, 0) is 45.0 Å². The van der Waals surface area contributed by atoms with Crippen molar-refractivity contribution in [2.75, 3.05) is 25.0 Å². The lowest BCUT2D eigenvalue weighted by Crippen LogP contribution is -2.37. The zero-order valence-corrected chi connectivity index (χ0v) is 13.3. The van der Waals surface area contributed by atoms with Gasteiger partial charge >= 0.3 is 0 Å². The number of anilines is 1. The molecule has 1 saturated heterocycles. The van der Waals surface area contributed by atoms with Gasteiger partial charge in [0.15, 0.2) is 0 Å². The molecule has 3 rings (SSSR count). The van der Waals surface area contributed by atoms with E-state index >= 15 is 0 Å². The zero-order chi connectivity index (χ0) is 16.2. The van der Waals surface area contributed by atoms with E-state index in [0.717, 1.165) is 31.6 Å². The molecule has 2 aromatic rings. The van der Waals surface area contributed by atoms with Gasteiger partial charge in [0.2, 0.25) is 5.91 Å². The van der Waals surface area contributed by atoms with Crippen LogP contribution in [0.4, 0.5) is 10.2 Å². The number of amides is 1. The van der Waals surface area contributed by atoms with Crippen LogP contribution in [-0.2, 0) is 4.79 Å². The third kappa shape index (κ3) is 3.76. The van der Waals surface area contributed by atoms with Gasteiger partial charge in [0.25, 0.3) is 0 Å². The molecule has 1 N–H and O–H groups in total. The Bertz CT molecular complexity index is 692. The van der Waals surface area contributed by atoms with E-state index in [1.54, 1.807) is 24.3 Å². The lowest BCUT2D eigenvalue weighted by molar-refractivity contribution is -0.117. The Labute approximate surface area is 135 Å². The van der Waals surface area contributed by atoms with Gasteiger partial charge in [-0.25, -0.2) is 9.07 Å². The largest absolute Gasteiger partial charge is 0.309 e. The van der Waals surface area contributed by atoms with Crippen LogP contribution in [0.25, 0.3) is 5.69 Å². The molecule has 1 aliphatic heterocycles. The van der Waals surface area contributed by atoms with Gasteiger partial charge in [0.05, 0.1) is 12.2 Å². The summed E-state index contributed by atoms with van der Waals surface area (Å²) in [4.78, 5) is 14.4. The third-order valence-corrected chi connectivity index (χ3v) is 4.00. The lowest BCUT2D eigenvalue weighted by atomic mass is 10.1. The summed E-state index contributed by atoms with van der Waals surface area (Å²) in [5, 5.41) is 7.15. The SMILES string of the molecule is Cc1cc(NC(=O)CN2CCCCC2)n(-c2ccccc2F)n1. The predicted octanol–water partition coefficient (Wildman–Crippen LogP) is 2.74. The standard InChI is InChI=1S/C17H21FN4O/c1-13-11-16(19-17(23)12-21-9-5-2-6-10-21)22(20-13)15-8-4-3-7-14(15)18/h3-4,7-8,11H,2,5-6,9-10,12H2,1H3,(H,19,23). The molecule has 2 heterocycles. The fourth-order valence-electron chi connectivity index (χ4n) is 2.90. The molecule has 0 spiro atoms. The van der Waals surface area contributed by atoms with Gasteiger partial charge in [-0.15, -0.1) is 0 Å². The number of nitrogens with zero attached hydrogens (tertiary/aromatic N) is 3. The van der Waals surface area contributed by atoms with Crippen molar-refractivity contribution < 1.29 is 9.18 Å². The van der Waals surface area contributed by atoms with Crippen LogP contribution in [-0.4, -0.2) is 40.2 Å². The minimum absolute atomic E-state index is 0.0932. The normalized spacial score (nSPS) is 15.6.